The number of hydrogen-bond donors (Lipinski definition) is 0. The first-order valence-electron chi connectivity index (χ1n) is 3.19. The number of hydrogen-bond acceptors (Lipinski definition) is 1. The Bertz CT molecular complexity index is 251. The van der Waals surface area contributed by atoms with Gasteiger partial charge in [0, 0.05) is 32.7 Å². The summed E-state index contributed by atoms with van der Waals surface area (Å²) in [6.45, 7) is 5.72. The normalized spacial score (nSPS) is 10.1. The number of rotatable bonds is 1. The van der Waals surface area contributed by atoms with Crippen molar-refractivity contribution in [3.63, 3.8) is 0 Å². The second kappa shape index (κ2) is 4.84. The van der Waals surface area contributed by atoms with Gasteiger partial charge in [0.05, 0.1) is 0 Å². The fourth-order valence-corrected chi connectivity index (χ4v) is 0.832. The van der Waals surface area contributed by atoms with Crippen molar-refractivity contribution in [2.24, 2.45) is 0 Å². The minimum atomic E-state index is 0. The molecule has 0 fully saturated rings. The second-order valence-corrected chi connectivity index (χ2v) is 2.14. The Morgan fingerprint density at radius 2 is 2.18 bits per heavy atom. The van der Waals surface area contributed by atoms with Gasteiger partial charge in [0.2, 0.25) is 0 Å². The maximum absolute atomic E-state index is 4.17. The zero-order valence-electron chi connectivity index (χ0n) is 7.05. The predicted octanol–water partition coefficient (Wildman–Crippen LogP) is 1.59. The topological polar surface area (TPSA) is 17.8 Å². The summed E-state index contributed by atoms with van der Waals surface area (Å²) >= 11 is 0. The summed E-state index contributed by atoms with van der Waals surface area (Å²) in [5.74, 6) is 0.951. The summed E-state index contributed by atoms with van der Waals surface area (Å²) in [7, 11) is 0. The summed E-state index contributed by atoms with van der Waals surface area (Å²) in [5.41, 5.74) is 0.920. The van der Waals surface area contributed by atoms with Gasteiger partial charge in [-0.2, -0.15) is 0 Å². The molecule has 0 aliphatic rings. The molecule has 1 radical (unpaired) electrons. The van der Waals surface area contributed by atoms with Crippen molar-refractivity contribution in [2.45, 2.75) is 20.8 Å². The number of allylic oxidation sites excluding steroid dienone is 1. The van der Waals surface area contributed by atoms with Crippen LogP contribution in [0.15, 0.2) is 0 Å². The van der Waals surface area contributed by atoms with Gasteiger partial charge in [-0.3, -0.25) is 6.20 Å². The zero-order chi connectivity index (χ0) is 7.56. The van der Waals surface area contributed by atoms with Gasteiger partial charge in [0.25, 0.3) is 0 Å². The standard InChI is InChI=1S/C8H10N2.Y/c1-4-5-10-6-7(2)9-8(10)3;/h5H,1-3H3;/q-2;. The van der Waals surface area contributed by atoms with Crippen molar-refractivity contribution in [2.75, 3.05) is 0 Å². The van der Waals surface area contributed by atoms with Crippen LogP contribution >= 0.6 is 0 Å². The molecule has 1 aromatic rings. The third kappa shape index (κ3) is 2.88. The van der Waals surface area contributed by atoms with E-state index >= 15 is 0 Å². The molecular weight excluding hydrogens is 213 g/mol. The first-order chi connectivity index (χ1) is 4.74. The van der Waals surface area contributed by atoms with Crippen LogP contribution in [0.25, 0.3) is 6.20 Å². The average Bonchev–Trinajstić information content (AvgIpc) is 2.13. The Morgan fingerprint density at radius 1 is 1.55 bits per heavy atom. The minimum Gasteiger partial charge on any atom is -0.554 e. The number of imidazole rings is 1. The maximum Gasteiger partial charge on any atom is 0 e. The van der Waals surface area contributed by atoms with E-state index in [-0.39, 0.29) is 32.7 Å². The van der Waals surface area contributed by atoms with Crippen LogP contribution in [0.1, 0.15) is 18.4 Å². The quantitative estimate of drug-likeness (QED) is 0.661. The van der Waals surface area contributed by atoms with Crippen molar-refractivity contribution in [3.05, 3.63) is 23.8 Å². The van der Waals surface area contributed by atoms with Crippen molar-refractivity contribution in [1.82, 2.24) is 9.55 Å². The van der Waals surface area contributed by atoms with E-state index in [9.17, 15) is 0 Å². The monoisotopic (exact) mass is 223 g/mol. The summed E-state index contributed by atoms with van der Waals surface area (Å²) in [6, 6.07) is 0. The smallest absolute Gasteiger partial charge is 0 e. The minimum absolute atomic E-state index is 0. The fourth-order valence-electron chi connectivity index (χ4n) is 0.832. The Kier molecular flexibility index (Phi) is 4.86. The van der Waals surface area contributed by atoms with Gasteiger partial charge in [-0.05, 0) is 18.4 Å². The van der Waals surface area contributed by atoms with E-state index in [0.29, 0.717) is 0 Å². The van der Waals surface area contributed by atoms with Gasteiger partial charge in [-0.25, -0.2) is 6.92 Å². The van der Waals surface area contributed by atoms with Crippen molar-refractivity contribution in [3.8, 4) is 0 Å². The molecular formula is C8H10N2Y-2. The Morgan fingerprint density at radius 3 is 2.55 bits per heavy atom. The number of nitrogens with zero attached hydrogens (tertiary/aromatic N) is 2. The molecule has 0 unspecified atom stereocenters. The van der Waals surface area contributed by atoms with Gasteiger partial charge >= 0.3 is 0 Å². The molecule has 0 spiro atoms. The Labute approximate surface area is 92.6 Å². The van der Waals surface area contributed by atoms with Crippen LogP contribution in [0.5, 0.6) is 0 Å². The summed E-state index contributed by atoms with van der Waals surface area (Å²) in [5, 5.41) is 0. The molecule has 11 heavy (non-hydrogen) atoms. The predicted molar refractivity (Wildman–Crippen MR) is 40.2 cm³/mol. The molecule has 0 N–H and O–H groups in total. The van der Waals surface area contributed by atoms with E-state index in [0.717, 1.165) is 11.5 Å². The SMILES string of the molecule is C[C-]=Cn1[c-]c(C)nc1C.[Y]. The van der Waals surface area contributed by atoms with E-state index in [1.807, 2.05) is 31.5 Å². The Hall–Kier alpha value is 0.0539. The zero-order valence-corrected chi connectivity index (χ0v) is 9.89. The molecule has 0 amide bonds. The molecule has 0 aromatic carbocycles. The van der Waals surface area contributed by atoms with Crippen molar-refractivity contribution < 1.29 is 32.7 Å². The number of aromatic nitrogens is 2. The molecule has 0 saturated heterocycles. The van der Waals surface area contributed by atoms with Crippen LogP contribution in [-0.2, 0) is 32.7 Å². The number of aryl methyl sites for hydroxylation is 2. The molecule has 1 aromatic heterocycles. The van der Waals surface area contributed by atoms with Crippen LogP contribution in [0, 0.1) is 26.1 Å². The molecule has 0 saturated carbocycles. The van der Waals surface area contributed by atoms with Gasteiger partial charge in [0.1, 0.15) is 0 Å². The molecule has 1 rings (SSSR count). The third-order valence-electron chi connectivity index (χ3n) is 1.22. The third-order valence-corrected chi connectivity index (χ3v) is 1.22. The maximum atomic E-state index is 4.17. The average molecular weight is 223 g/mol. The van der Waals surface area contributed by atoms with Crippen molar-refractivity contribution in [1.29, 1.82) is 0 Å². The van der Waals surface area contributed by atoms with Crippen LogP contribution in [-0.4, -0.2) is 9.55 Å². The van der Waals surface area contributed by atoms with Gasteiger partial charge in [-0.1, -0.05) is 13.1 Å². The van der Waals surface area contributed by atoms with E-state index in [1.165, 1.54) is 0 Å². The Balaban J connectivity index is 0.000001000. The molecule has 0 atom stereocenters. The van der Waals surface area contributed by atoms with E-state index in [1.54, 1.807) is 0 Å². The molecule has 0 aliphatic heterocycles. The van der Waals surface area contributed by atoms with Crippen LogP contribution < -0.4 is 0 Å². The molecule has 57 valence electrons. The van der Waals surface area contributed by atoms with E-state index in [4.69, 9.17) is 0 Å². The van der Waals surface area contributed by atoms with Crippen molar-refractivity contribution >= 4 is 6.20 Å². The van der Waals surface area contributed by atoms with E-state index in [2.05, 4.69) is 17.3 Å². The van der Waals surface area contributed by atoms with Gasteiger partial charge in [-0.15, -0.1) is 0 Å². The van der Waals surface area contributed by atoms with Crippen LogP contribution in [0.2, 0.25) is 0 Å². The summed E-state index contributed by atoms with van der Waals surface area (Å²) in [4.78, 5) is 4.17. The summed E-state index contributed by atoms with van der Waals surface area (Å²) in [6.07, 6.45) is 7.75. The largest absolute Gasteiger partial charge is 0.554 e. The van der Waals surface area contributed by atoms with Gasteiger partial charge < -0.3 is 15.6 Å². The van der Waals surface area contributed by atoms with E-state index < -0.39 is 0 Å². The van der Waals surface area contributed by atoms with Gasteiger partial charge in [0.15, 0.2) is 0 Å². The van der Waals surface area contributed by atoms with Crippen LogP contribution in [0.4, 0.5) is 0 Å². The van der Waals surface area contributed by atoms with Crippen LogP contribution in [0.3, 0.4) is 0 Å². The molecule has 0 bridgehead atoms. The fraction of sp³-hybridized carbons (Fsp3) is 0.375. The molecule has 0 aliphatic carbocycles. The molecule has 1 heterocycles. The first-order valence-corrected chi connectivity index (χ1v) is 3.19. The first kappa shape index (κ1) is 11.1. The molecule has 3 heteroatoms. The molecule has 2 nitrogen and oxygen atoms in total. The second-order valence-electron chi connectivity index (χ2n) is 2.14. The summed E-state index contributed by atoms with van der Waals surface area (Å²) < 4.78 is 1.83.